The molecule has 2 rings (SSSR count). The Hall–Kier alpha value is -2.10. The lowest BCUT2D eigenvalue weighted by atomic mass is 10.1. The predicted molar refractivity (Wildman–Crippen MR) is 67.2 cm³/mol. The van der Waals surface area contributed by atoms with E-state index in [1.807, 2.05) is 13.0 Å². The minimum Gasteiger partial charge on any atom is -0.352 e. The van der Waals surface area contributed by atoms with E-state index in [4.69, 9.17) is 0 Å². The van der Waals surface area contributed by atoms with Crippen molar-refractivity contribution in [1.82, 2.24) is 9.88 Å². The second kappa shape index (κ2) is 4.41. The number of hydrogen-bond donors (Lipinski definition) is 1. The number of amides is 1. The first-order valence-electron chi connectivity index (χ1n) is 5.51. The van der Waals surface area contributed by atoms with Crippen LogP contribution in [0.4, 0.5) is 0 Å². The molecule has 1 aromatic carbocycles. The third-order valence-corrected chi connectivity index (χ3v) is 2.67. The van der Waals surface area contributed by atoms with Gasteiger partial charge in [-0.1, -0.05) is 18.2 Å². The summed E-state index contributed by atoms with van der Waals surface area (Å²) in [6.07, 6.45) is 1.58. The highest BCUT2D eigenvalue weighted by molar-refractivity contribution is 6.06. The van der Waals surface area contributed by atoms with Crippen molar-refractivity contribution < 1.29 is 4.79 Å². The van der Waals surface area contributed by atoms with E-state index >= 15 is 0 Å². The Kier molecular flexibility index (Phi) is 2.95. The van der Waals surface area contributed by atoms with Crippen molar-refractivity contribution in [1.29, 1.82) is 0 Å². The first-order valence-corrected chi connectivity index (χ1v) is 5.51. The summed E-state index contributed by atoms with van der Waals surface area (Å²) in [6.45, 7) is 2.43. The predicted octanol–water partition coefficient (Wildman–Crippen LogP) is 1.29. The highest BCUT2D eigenvalue weighted by Gasteiger charge is 2.12. The van der Waals surface area contributed by atoms with Crippen molar-refractivity contribution in [3.8, 4) is 0 Å². The van der Waals surface area contributed by atoms with E-state index in [-0.39, 0.29) is 11.5 Å². The molecule has 0 atom stereocenters. The Morgan fingerprint density at radius 2 is 1.94 bits per heavy atom. The first kappa shape index (κ1) is 11.4. The molecule has 4 nitrogen and oxygen atoms in total. The number of fused-ring (bicyclic) bond motifs is 1. The molecule has 0 fully saturated rings. The summed E-state index contributed by atoms with van der Waals surface area (Å²) in [4.78, 5) is 23.8. The minimum absolute atomic E-state index is 0.0892. The van der Waals surface area contributed by atoms with Crippen molar-refractivity contribution in [3.05, 3.63) is 46.4 Å². The molecular formula is C13H14N2O2. The van der Waals surface area contributed by atoms with Gasteiger partial charge in [0.15, 0.2) is 0 Å². The van der Waals surface area contributed by atoms with E-state index in [0.29, 0.717) is 22.9 Å². The van der Waals surface area contributed by atoms with Crippen LogP contribution in [0.3, 0.4) is 0 Å². The second-order valence-electron chi connectivity index (χ2n) is 3.86. The summed E-state index contributed by atoms with van der Waals surface area (Å²) in [5.41, 5.74) is 0.443. The maximum absolute atomic E-state index is 11.9. The summed E-state index contributed by atoms with van der Waals surface area (Å²) in [5.74, 6) is -0.153. The van der Waals surface area contributed by atoms with Gasteiger partial charge < -0.3 is 9.88 Å². The number of carbonyl (C=O) groups excluding carboxylic acids is 1. The van der Waals surface area contributed by atoms with Gasteiger partial charge >= 0.3 is 0 Å². The smallest absolute Gasteiger partial charge is 0.258 e. The summed E-state index contributed by atoms with van der Waals surface area (Å²) in [5, 5.41) is 4.01. The van der Waals surface area contributed by atoms with Gasteiger partial charge in [-0.2, -0.15) is 0 Å². The van der Waals surface area contributed by atoms with Gasteiger partial charge in [-0.3, -0.25) is 9.59 Å². The van der Waals surface area contributed by atoms with Gasteiger partial charge in [0.25, 0.3) is 11.5 Å². The Morgan fingerprint density at radius 1 is 1.29 bits per heavy atom. The van der Waals surface area contributed by atoms with Crippen molar-refractivity contribution >= 4 is 16.7 Å². The number of pyridine rings is 1. The molecule has 0 radical (unpaired) electrons. The fourth-order valence-corrected chi connectivity index (χ4v) is 1.85. The average Bonchev–Trinajstić information content (AvgIpc) is 2.34. The number of nitrogens with zero attached hydrogens (tertiary/aromatic N) is 1. The molecule has 0 saturated carbocycles. The van der Waals surface area contributed by atoms with Crippen LogP contribution in [-0.2, 0) is 7.05 Å². The molecule has 1 amide bonds. The Balaban J connectivity index is 2.76. The van der Waals surface area contributed by atoms with Crippen LogP contribution in [0, 0.1) is 0 Å². The molecule has 1 heterocycles. The van der Waals surface area contributed by atoms with Crippen molar-refractivity contribution in [2.45, 2.75) is 6.92 Å². The van der Waals surface area contributed by atoms with E-state index in [1.165, 1.54) is 4.57 Å². The molecule has 0 unspecified atom stereocenters. The Labute approximate surface area is 98.9 Å². The second-order valence-corrected chi connectivity index (χ2v) is 3.86. The summed E-state index contributed by atoms with van der Waals surface area (Å²) >= 11 is 0. The topological polar surface area (TPSA) is 51.1 Å². The van der Waals surface area contributed by atoms with E-state index in [0.717, 1.165) is 0 Å². The molecule has 0 bridgehead atoms. The molecule has 17 heavy (non-hydrogen) atoms. The molecule has 0 aliphatic carbocycles. The third kappa shape index (κ3) is 1.93. The lowest BCUT2D eigenvalue weighted by molar-refractivity contribution is 0.0957. The lowest BCUT2D eigenvalue weighted by Crippen LogP contribution is -2.26. The third-order valence-electron chi connectivity index (χ3n) is 2.67. The number of aromatic nitrogens is 1. The van der Waals surface area contributed by atoms with Gasteiger partial charge in [-0.15, -0.1) is 0 Å². The van der Waals surface area contributed by atoms with Crippen molar-refractivity contribution in [2.75, 3.05) is 6.54 Å². The zero-order chi connectivity index (χ0) is 12.4. The number of aryl methyl sites for hydroxylation is 1. The highest BCUT2D eigenvalue weighted by Crippen LogP contribution is 2.14. The fraction of sp³-hybridized carbons (Fsp3) is 0.231. The zero-order valence-electron chi connectivity index (χ0n) is 9.86. The molecule has 0 saturated heterocycles. The summed E-state index contributed by atoms with van der Waals surface area (Å²) in [6, 6.07) is 7.15. The summed E-state index contributed by atoms with van der Waals surface area (Å²) < 4.78 is 1.44. The molecule has 1 aromatic heterocycles. The van der Waals surface area contributed by atoms with E-state index in [9.17, 15) is 9.59 Å². The average molecular weight is 230 g/mol. The van der Waals surface area contributed by atoms with Crippen molar-refractivity contribution in [2.24, 2.45) is 7.05 Å². The minimum atomic E-state index is -0.153. The SMILES string of the molecule is CCNC(=O)c1cn(C)c(=O)c2ccccc12. The van der Waals surface area contributed by atoms with Crippen LogP contribution in [0.5, 0.6) is 0 Å². The molecule has 2 aromatic rings. The van der Waals surface area contributed by atoms with Crippen LogP contribution >= 0.6 is 0 Å². The van der Waals surface area contributed by atoms with Crippen LogP contribution in [-0.4, -0.2) is 17.0 Å². The first-order chi connectivity index (χ1) is 8.15. The van der Waals surface area contributed by atoms with Gasteiger partial charge in [0.05, 0.1) is 5.56 Å². The molecule has 0 spiro atoms. The Morgan fingerprint density at radius 3 is 2.59 bits per heavy atom. The monoisotopic (exact) mass is 230 g/mol. The van der Waals surface area contributed by atoms with Gasteiger partial charge in [-0.05, 0) is 13.0 Å². The molecule has 0 aliphatic heterocycles. The molecule has 88 valence electrons. The largest absolute Gasteiger partial charge is 0.352 e. The number of rotatable bonds is 2. The Bertz CT molecular complexity index is 629. The number of benzene rings is 1. The maximum atomic E-state index is 11.9. The van der Waals surface area contributed by atoms with Crippen LogP contribution in [0.1, 0.15) is 17.3 Å². The highest BCUT2D eigenvalue weighted by atomic mass is 16.2. The van der Waals surface area contributed by atoms with Gasteiger partial charge in [0.1, 0.15) is 0 Å². The number of carbonyl (C=O) groups is 1. The molecule has 1 N–H and O–H groups in total. The van der Waals surface area contributed by atoms with Crippen LogP contribution in [0.2, 0.25) is 0 Å². The standard InChI is InChI=1S/C13H14N2O2/c1-3-14-12(16)11-8-15(2)13(17)10-7-5-4-6-9(10)11/h4-8H,3H2,1-2H3,(H,14,16). The normalized spacial score (nSPS) is 10.5. The number of nitrogens with one attached hydrogen (secondary N) is 1. The van der Waals surface area contributed by atoms with Gasteiger partial charge in [-0.25, -0.2) is 0 Å². The zero-order valence-corrected chi connectivity index (χ0v) is 9.86. The quantitative estimate of drug-likeness (QED) is 0.845. The van der Waals surface area contributed by atoms with Crippen LogP contribution in [0.15, 0.2) is 35.3 Å². The van der Waals surface area contributed by atoms with Gasteiger partial charge in [0, 0.05) is 30.6 Å². The van der Waals surface area contributed by atoms with E-state index in [2.05, 4.69) is 5.32 Å². The molecular weight excluding hydrogens is 216 g/mol. The molecule has 0 aliphatic rings. The van der Waals surface area contributed by atoms with Crippen LogP contribution in [0.25, 0.3) is 10.8 Å². The summed E-state index contributed by atoms with van der Waals surface area (Å²) in [7, 11) is 1.65. The van der Waals surface area contributed by atoms with E-state index < -0.39 is 0 Å². The maximum Gasteiger partial charge on any atom is 0.258 e. The lowest BCUT2D eigenvalue weighted by Gasteiger charge is -2.08. The van der Waals surface area contributed by atoms with Crippen LogP contribution < -0.4 is 10.9 Å². The number of hydrogen-bond acceptors (Lipinski definition) is 2. The molecule has 4 heteroatoms. The fourth-order valence-electron chi connectivity index (χ4n) is 1.85. The van der Waals surface area contributed by atoms with Gasteiger partial charge in [0.2, 0.25) is 0 Å². The van der Waals surface area contributed by atoms with E-state index in [1.54, 1.807) is 31.4 Å². The van der Waals surface area contributed by atoms with Crippen molar-refractivity contribution in [3.63, 3.8) is 0 Å².